The first-order valence-electron chi connectivity index (χ1n) is 10.0. The first-order chi connectivity index (χ1) is 14.5. The zero-order valence-electron chi connectivity index (χ0n) is 18.1. The van der Waals surface area contributed by atoms with Crippen molar-refractivity contribution in [1.82, 2.24) is 15.4 Å². The van der Waals surface area contributed by atoms with E-state index in [1.54, 1.807) is 6.92 Å². The topological polar surface area (TPSA) is 139 Å². The molecule has 1 heterocycles. The van der Waals surface area contributed by atoms with Crippen molar-refractivity contribution < 1.29 is 33.3 Å². The molecule has 4 N–H and O–H groups in total. The summed E-state index contributed by atoms with van der Waals surface area (Å²) in [7, 11) is -2.94. The number of nitrogens with zero attached hydrogens (tertiary/aromatic N) is 1. The number of para-hydroxylation sites is 1. The van der Waals surface area contributed by atoms with E-state index in [1.807, 2.05) is 55.9 Å². The van der Waals surface area contributed by atoms with Crippen LogP contribution in [0.2, 0.25) is 0 Å². The van der Waals surface area contributed by atoms with Crippen molar-refractivity contribution in [3.63, 3.8) is 0 Å². The van der Waals surface area contributed by atoms with Crippen LogP contribution in [0.15, 0.2) is 30.5 Å². The van der Waals surface area contributed by atoms with Crippen molar-refractivity contribution in [2.24, 2.45) is 13.0 Å². The Morgan fingerprint density at radius 3 is 2.48 bits per heavy atom. The molecule has 0 aliphatic carbocycles. The first-order valence-corrected chi connectivity index (χ1v) is 11.5. The predicted molar refractivity (Wildman–Crippen MR) is 115 cm³/mol. The predicted octanol–water partition coefficient (Wildman–Crippen LogP) is 1.80. The first kappa shape index (κ1) is 25.0. The van der Waals surface area contributed by atoms with E-state index in [2.05, 4.69) is 15.4 Å². The molecule has 1 aromatic carbocycles. The van der Waals surface area contributed by atoms with Crippen LogP contribution in [-0.2, 0) is 37.0 Å². The van der Waals surface area contributed by atoms with Gasteiger partial charge >= 0.3 is 13.8 Å². The van der Waals surface area contributed by atoms with Crippen molar-refractivity contribution in [2.45, 2.75) is 45.7 Å². The lowest BCUT2D eigenvalue weighted by molar-refractivity contribution is -0.148. The molecule has 0 saturated carbocycles. The van der Waals surface area contributed by atoms with Crippen LogP contribution in [0.3, 0.4) is 0 Å². The minimum absolute atomic E-state index is 0.0164. The molecule has 2 atom stereocenters. The highest BCUT2D eigenvalue weighted by Crippen LogP contribution is 2.34. The summed E-state index contributed by atoms with van der Waals surface area (Å²) in [4.78, 5) is 43.3. The summed E-state index contributed by atoms with van der Waals surface area (Å²) in [5, 5.41) is 3.60. The Morgan fingerprint density at radius 2 is 1.87 bits per heavy atom. The van der Waals surface area contributed by atoms with Gasteiger partial charge < -0.3 is 24.4 Å². The van der Waals surface area contributed by atoms with Crippen LogP contribution in [0, 0.1) is 5.92 Å². The number of ether oxygens (including phenoxy) is 1. The van der Waals surface area contributed by atoms with Crippen LogP contribution in [0.5, 0.6) is 0 Å². The second kappa shape index (κ2) is 10.9. The zero-order chi connectivity index (χ0) is 23.2. The molecule has 0 saturated heterocycles. The fourth-order valence-electron chi connectivity index (χ4n) is 3.33. The number of aryl methyl sites for hydroxylation is 1. The van der Waals surface area contributed by atoms with Gasteiger partial charge in [0.1, 0.15) is 12.1 Å². The quantitative estimate of drug-likeness (QED) is 0.229. The molecule has 1 aromatic heterocycles. The molecular weight excluding hydrogens is 425 g/mol. The van der Waals surface area contributed by atoms with Gasteiger partial charge in [-0.15, -0.1) is 0 Å². The number of hydrogen-bond acceptors (Lipinski definition) is 6. The number of fused-ring (bicyclic) bond motifs is 1. The molecule has 0 unspecified atom stereocenters. The van der Waals surface area contributed by atoms with Crippen LogP contribution >= 0.6 is 7.82 Å². The van der Waals surface area contributed by atoms with E-state index in [1.165, 1.54) is 0 Å². The van der Waals surface area contributed by atoms with E-state index in [4.69, 9.17) is 14.5 Å². The molecule has 11 heteroatoms. The molecule has 172 valence electrons. The van der Waals surface area contributed by atoms with Crippen molar-refractivity contribution in [2.75, 3.05) is 6.61 Å². The number of rotatable bonds is 11. The highest BCUT2D eigenvalue weighted by molar-refractivity contribution is 7.46. The Kier molecular flexibility index (Phi) is 8.79. The standard InChI is InChI=1S/C20H30N3O7P/c1-5-29-20(25)17(11-14-12-23(4)18-9-7-6-8-15(14)18)21-19(24)16(10-13(2)3)22-30-31(26,27)28/h6-9,12-13,16-17,22H,5,10-11H2,1-4H3,(H,21,24)(H2,26,27,28)/t16-,17+/m0/s1. The average molecular weight is 455 g/mol. The number of carbonyl (C=O) groups is 2. The molecule has 2 aromatic rings. The Morgan fingerprint density at radius 1 is 1.19 bits per heavy atom. The van der Waals surface area contributed by atoms with Gasteiger partial charge in [0.2, 0.25) is 5.91 Å². The maximum Gasteiger partial charge on any atom is 0.486 e. The van der Waals surface area contributed by atoms with E-state index in [-0.39, 0.29) is 25.4 Å². The molecule has 0 bridgehead atoms. The van der Waals surface area contributed by atoms with Gasteiger partial charge in [-0.1, -0.05) is 32.0 Å². The summed E-state index contributed by atoms with van der Waals surface area (Å²) in [6.07, 6.45) is 2.32. The lowest BCUT2D eigenvalue weighted by Crippen LogP contribution is -2.51. The van der Waals surface area contributed by atoms with E-state index >= 15 is 0 Å². The molecule has 0 fully saturated rings. The number of phosphoric acid groups is 1. The minimum atomic E-state index is -4.83. The van der Waals surface area contributed by atoms with Crippen LogP contribution < -0.4 is 10.8 Å². The van der Waals surface area contributed by atoms with Gasteiger partial charge in [-0.25, -0.2) is 9.36 Å². The normalized spacial score (nSPS) is 13.9. The number of benzene rings is 1. The summed E-state index contributed by atoms with van der Waals surface area (Å²) in [5.74, 6) is -1.20. The van der Waals surface area contributed by atoms with Crippen molar-refractivity contribution >= 4 is 30.6 Å². The lowest BCUT2D eigenvalue weighted by atomic mass is 10.0. The third kappa shape index (κ3) is 7.45. The van der Waals surface area contributed by atoms with E-state index < -0.39 is 31.8 Å². The van der Waals surface area contributed by atoms with Crippen molar-refractivity contribution in [3.05, 3.63) is 36.0 Å². The SMILES string of the molecule is CCOC(=O)[C@@H](Cc1cn(C)c2ccccc12)NC(=O)[C@H](CC(C)C)NOP(=O)(O)O. The number of hydroxylamine groups is 1. The van der Waals surface area contributed by atoms with Crippen molar-refractivity contribution in [3.8, 4) is 0 Å². The van der Waals surface area contributed by atoms with Crippen LogP contribution in [0.25, 0.3) is 10.9 Å². The van der Waals surface area contributed by atoms with Crippen LogP contribution in [0.4, 0.5) is 0 Å². The van der Waals surface area contributed by atoms with Crippen LogP contribution in [0.1, 0.15) is 32.8 Å². The molecule has 31 heavy (non-hydrogen) atoms. The molecule has 2 rings (SSSR count). The molecule has 1 amide bonds. The number of amides is 1. The van der Waals surface area contributed by atoms with E-state index in [0.29, 0.717) is 0 Å². The Bertz CT molecular complexity index is 953. The highest BCUT2D eigenvalue weighted by atomic mass is 31.2. The Balaban J connectivity index is 2.24. The molecule has 10 nitrogen and oxygen atoms in total. The van der Waals surface area contributed by atoms with Gasteiger partial charge in [-0.3, -0.25) is 4.79 Å². The van der Waals surface area contributed by atoms with Gasteiger partial charge in [-0.2, -0.15) is 10.1 Å². The molecular formula is C20H30N3O7P. The molecule has 0 spiro atoms. The smallest absolute Gasteiger partial charge is 0.464 e. The largest absolute Gasteiger partial charge is 0.486 e. The number of hydrogen-bond donors (Lipinski definition) is 4. The number of carbonyl (C=O) groups excluding carboxylic acids is 2. The Hall–Kier alpha value is -2.23. The fraction of sp³-hybridized carbons (Fsp3) is 0.500. The number of aromatic nitrogens is 1. The maximum absolute atomic E-state index is 12.9. The third-order valence-corrected chi connectivity index (χ3v) is 4.97. The summed E-state index contributed by atoms with van der Waals surface area (Å²) >= 11 is 0. The van der Waals surface area contributed by atoms with Gasteiger partial charge in [0.15, 0.2) is 0 Å². The summed E-state index contributed by atoms with van der Waals surface area (Å²) in [5.41, 5.74) is 3.98. The summed E-state index contributed by atoms with van der Waals surface area (Å²) < 4.78 is 22.4. The average Bonchev–Trinajstić information content (AvgIpc) is 2.99. The second-order valence-corrected chi connectivity index (χ2v) is 8.85. The van der Waals surface area contributed by atoms with Crippen molar-refractivity contribution in [1.29, 1.82) is 0 Å². The highest BCUT2D eigenvalue weighted by Gasteiger charge is 2.30. The summed E-state index contributed by atoms with van der Waals surface area (Å²) in [6.45, 7) is 5.51. The minimum Gasteiger partial charge on any atom is -0.464 e. The van der Waals surface area contributed by atoms with E-state index in [9.17, 15) is 14.2 Å². The van der Waals surface area contributed by atoms with Crippen LogP contribution in [-0.4, -0.2) is 44.9 Å². The fourth-order valence-corrected chi connectivity index (χ4v) is 3.59. The Labute approximate surface area is 181 Å². The van der Waals surface area contributed by atoms with Gasteiger partial charge in [0, 0.05) is 30.6 Å². The van der Waals surface area contributed by atoms with Gasteiger partial charge in [0.05, 0.1) is 6.61 Å². The molecule has 0 aliphatic heterocycles. The lowest BCUT2D eigenvalue weighted by Gasteiger charge is -2.23. The monoisotopic (exact) mass is 455 g/mol. The molecule has 0 radical (unpaired) electrons. The maximum atomic E-state index is 12.9. The van der Waals surface area contributed by atoms with Gasteiger partial charge in [-0.05, 0) is 30.9 Å². The third-order valence-electron chi connectivity index (χ3n) is 4.63. The zero-order valence-corrected chi connectivity index (χ0v) is 19.0. The number of esters is 1. The molecule has 0 aliphatic rings. The second-order valence-electron chi connectivity index (χ2n) is 7.68. The van der Waals surface area contributed by atoms with E-state index in [0.717, 1.165) is 16.5 Å². The number of nitrogens with one attached hydrogen (secondary N) is 2. The van der Waals surface area contributed by atoms with Gasteiger partial charge in [0.25, 0.3) is 0 Å². The summed E-state index contributed by atoms with van der Waals surface area (Å²) in [6, 6.07) is 5.65.